The Bertz CT molecular complexity index is 2640. The van der Waals surface area contributed by atoms with Crippen molar-refractivity contribution >= 4 is 21.9 Å². The smallest absolute Gasteiger partial charge is 0.148 e. The minimum absolute atomic E-state index is 0. The third-order valence-electron chi connectivity index (χ3n) is 12.6. The quantitative estimate of drug-likeness (QED) is 0.139. The van der Waals surface area contributed by atoms with Crippen molar-refractivity contribution in [2.24, 2.45) is 23.7 Å². The van der Waals surface area contributed by atoms with Gasteiger partial charge in [-0.15, -0.1) is 35.4 Å². The van der Waals surface area contributed by atoms with Gasteiger partial charge in [0.2, 0.25) is 0 Å². The molecular weight excluding hydrogens is 926 g/mol. The van der Waals surface area contributed by atoms with Gasteiger partial charge in [-0.3, -0.25) is 9.55 Å². The molecule has 1 N–H and O–H groups in total. The topological polar surface area (TPSA) is 50.9 Å². The maximum absolute atomic E-state index is 12.7. The van der Waals surface area contributed by atoms with Gasteiger partial charge in [0.1, 0.15) is 11.6 Å². The van der Waals surface area contributed by atoms with Gasteiger partial charge in [0.05, 0.1) is 16.6 Å². The zero-order valence-electron chi connectivity index (χ0n) is 38.9. The van der Waals surface area contributed by atoms with Crippen LogP contribution < -0.4 is 0 Å². The Balaban J connectivity index is 0.00000622. The second kappa shape index (κ2) is 17.7. The van der Waals surface area contributed by atoms with Crippen LogP contribution in [0.15, 0.2) is 103 Å². The molecule has 0 unspecified atom stereocenters. The van der Waals surface area contributed by atoms with Gasteiger partial charge in [-0.05, 0) is 104 Å². The molecule has 0 saturated carbocycles. The zero-order chi connectivity index (χ0) is 43.4. The Morgan fingerprint density at radius 2 is 1.16 bits per heavy atom. The van der Waals surface area contributed by atoms with Crippen LogP contribution in [0.2, 0.25) is 0 Å². The van der Waals surface area contributed by atoms with Crippen molar-refractivity contribution in [3.63, 3.8) is 0 Å². The molecule has 0 saturated heterocycles. The van der Waals surface area contributed by atoms with E-state index in [0.717, 1.165) is 66.8 Å². The Labute approximate surface area is 380 Å². The van der Waals surface area contributed by atoms with Crippen LogP contribution in [0, 0.1) is 29.7 Å². The summed E-state index contributed by atoms with van der Waals surface area (Å²) in [6.07, 6.45) is 1.88. The number of phenols is 1. The van der Waals surface area contributed by atoms with Crippen LogP contribution in [0.5, 0.6) is 5.75 Å². The normalized spacial score (nSPS) is 12.6. The fourth-order valence-corrected chi connectivity index (χ4v) is 9.81. The predicted octanol–water partition coefficient (Wildman–Crippen LogP) is 15.5. The predicted molar refractivity (Wildman–Crippen MR) is 255 cm³/mol. The summed E-state index contributed by atoms with van der Waals surface area (Å²) in [6, 6.07) is 38.9. The first-order valence-electron chi connectivity index (χ1n) is 22.2. The fourth-order valence-electron chi connectivity index (χ4n) is 9.81. The van der Waals surface area contributed by atoms with E-state index < -0.39 is 0 Å². The van der Waals surface area contributed by atoms with Crippen LogP contribution >= 0.6 is 0 Å². The van der Waals surface area contributed by atoms with Gasteiger partial charge < -0.3 is 5.11 Å². The van der Waals surface area contributed by atoms with Gasteiger partial charge in [0.15, 0.2) is 0 Å². The third kappa shape index (κ3) is 9.04. The van der Waals surface area contributed by atoms with E-state index in [2.05, 4.69) is 199 Å². The molecule has 0 radical (unpaired) electrons. The largest absolute Gasteiger partial charge is 0.507 e. The van der Waals surface area contributed by atoms with Crippen LogP contribution in [0.1, 0.15) is 131 Å². The Morgan fingerprint density at radius 3 is 1.75 bits per heavy atom. The van der Waals surface area contributed by atoms with Gasteiger partial charge in [0.25, 0.3) is 0 Å². The number of para-hydroxylation sites is 1. The minimum Gasteiger partial charge on any atom is -0.507 e. The number of pyridine rings is 1. The number of aromatic hydroxyl groups is 1. The maximum atomic E-state index is 12.7. The number of rotatable bonds is 10. The summed E-state index contributed by atoms with van der Waals surface area (Å²) in [5.41, 5.74) is 13.4. The Morgan fingerprint density at radius 1 is 0.574 bits per heavy atom. The van der Waals surface area contributed by atoms with E-state index in [1.807, 2.05) is 12.3 Å². The molecule has 0 aliphatic heterocycles. The van der Waals surface area contributed by atoms with Crippen molar-refractivity contribution in [1.29, 1.82) is 0 Å². The van der Waals surface area contributed by atoms with Crippen molar-refractivity contribution in [1.82, 2.24) is 14.5 Å². The number of aromatic nitrogens is 3. The molecule has 5 aromatic carbocycles. The SMILES string of the molecule is CC(C)C(c1cc(-c2nc3c(-c4[c-]c(-c5cc(C(C)(C)C)cc6cccnc56)ccc4)cccc3n2-c2ccc(C(C)(C)C)cc2)c(O)c(C(C(C)C)C(C)C)c1)C(C)C.[Pt]. The van der Waals surface area contributed by atoms with Crippen LogP contribution in [-0.2, 0) is 31.9 Å². The van der Waals surface area contributed by atoms with Crippen molar-refractivity contribution in [2.75, 3.05) is 0 Å². The molecule has 0 spiro atoms. The van der Waals surface area contributed by atoms with Crippen molar-refractivity contribution in [2.45, 2.75) is 120 Å². The first kappa shape index (κ1) is 46.0. The van der Waals surface area contributed by atoms with Crippen molar-refractivity contribution in [3.8, 4) is 45.1 Å². The van der Waals surface area contributed by atoms with E-state index in [1.165, 1.54) is 16.7 Å². The van der Waals surface area contributed by atoms with Gasteiger partial charge >= 0.3 is 0 Å². The molecule has 4 nitrogen and oxygen atoms in total. The molecule has 2 heterocycles. The molecule has 7 aromatic rings. The summed E-state index contributed by atoms with van der Waals surface area (Å²) in [4.78, 5) is 10.5. The number of benzene rings is 5. The van der Waals surface area contributed by atoms with E-state index in [-0.39, 0.29) is 37.8 Å². The molecule has 7 rings (SSSR count). The fraction of sp³-hybridized carbons (Fsp3) is 0.393. The zero-order valence-corrected chi connectivity index (χ0v) is 41.2. The maximum Gasteiger partial charge on any atom is 0.148 e. The van der Waals surface area contributed by atoms with Crippen molar-refractivity contribution < 1.29 is 26.2 Å². The van der Waals surface area contributed by atoms with Crippen LogP contribution in [-0.4, -0.2) is 19.6 Å². The Hall–Kier alpha value is -4.53. The summed E-state index contributed by atoms with van der Waals surface area (Å²) >= 11 is 0. The number of imidazole rings is 1. The summed E-state index contributed by atoms with van der Waals surface area (Å²) in [5.74, 6) is 3.06. The number of fused-ring (bicyclic) bond motifs is 2. The Kier molecular flexibility index (Phi) is 13.3. The molecule has 0 aliphatic carbocycles. The minimum atomic E-state index is -0.0340. The summed E-state index contributed by atoms with van der Waals surface area (Å²) < 4.78 is 2.27. The standard InChI is InChI=1S/C56H66N3O.Pt/c1-33(2)49(34(3)4)40-30-46(50(35(5)6)36(7)8)53(60)47(31-40)54-58-52-44(21-16-22-48(52)59(54)43-25-23-41(24-26-43)55(9,10)11)37-18-15-19-38(28-37)45-32-42(56(12,13)14)29-39-20-17-27-57-51(39)45;/h15-27,29-36,49-50,60H,1-14H3;/q-1;. The number of phenolic OH excluding ortho intramolecular Hbond substituents is 1. The molecular formula is C56H66N3OPt-. The first-order chi connectivity index (χ1) is 28.3. The van der Waals surface area contributed by atoms with E-state index in [4.69, 9.17) is 9.97 Å². The molecule has 0 aliphatic rings. The van der Waals surface area contributed by atoms with Gasteiger partial charge in [-0.2, -0.15) is 0 Å². The average molecular weight is 992 g/mol. The monoisotopic (exact) mass is 991 g/mol. The van der Waals surface area contributed by atoms with Gasteiger partial charge in [-0.1, -0.05) is 157 Å². The molecule has 322 valence electrons. The summed E-state index contributed by atoms with van der Waals surface area (Å²) in [5, 5.41) is 13.8. The van der Waals surface area contributed by atoms with Crippen LogP contribution in [0.25, 0.3) is 61.3 Å². The molecule has 0 amide bonds. The molecule has 0 fully saturated rings. The molecule has 5 heteroatoms. The molecule has 2 aromatic heterocycles. The van der Waals surface area contributed by atoms with Crippen molar-refractivity contribution in [3.05, 3.63) is 132 Å². The van der Waals surface area contributed by atoms with E-state index >= 15 is 0 Å². The second-order valence-corrected chi connectivity index (χ2v) is 20.6. The number of hydrogen-bond donors (Lipinski definition) is 1. The molecule has 0 atom stereocenters. The van der Waals surface area contributed by atoms with E-state index in [1.54, 1.807) is 0 Å². The third-order valence-corrected chi connectivity index (χ3v) is 12.6. The van der Waals surface area contributed by atoms with Crippen LogP contribution in [0.4, 0.5) is 0 Å². The van der Waals surface area contributed by atoms with E-state index in [0.29, 0.717) is 35.3 Å². The average Bonchev–Trinajstić information content (AvgIpc) is 3.57. The number of hydrogen-bond acceptors (Lipinski definition) is 3. The summed E-state index contributed by atoms with van der Waals surface area (Å²) in [7, 11) is 0. The molecule has 61 heavy (non-hydrogen) atoms. The number of nitrogens with zero attached hydrogens (tertiary/aromatic N) is 3. The summed E-state index contributed by atoms with van der Waals surface area (Å²) in [6.45, 7) is 31.9. The molecule has 0 bridgehead atoms. The first-order valence-corrected chi connectivity index (χ1v) is 22.2. The van der Waals surface area contributed by atoms with Gasteiger partial charge in [-0.25, -0.2) is 4.98 Å². The van der Waals surface area contributed by atoms with Crippen LogP contribution in [0.3, 0.4) is 0 Å². The van der Waals surface area contributed by atoms with Gasteiger partial charge in [0, 0.05) is 38.5 Å². The van der Waals surface area contributed by atoms with E-state index in [9.17, 15) is 5.11 Å². The second-order valence-electron chi connectivity index (χ2n) is 20.6.